The smallest absolute Gasteiger partial charge is 0.412 e. The minimum atomic E-state index is -0.642. The van der Waals surface area contributed by atoms with Gasteiger partial charge in [0.1, 0.15) is 11.4 Å². The molecule has 0 atom stereocenters. The van der Waals surface area contributed by atoms with Crippen LogP contribution in [0, 0.1) is 0 Å². The summed E-state index contributed by atoms with van der Waals surface area (Å²) in [6, 6.07) is 3.55. The van der Waals surface area contributed by atoms with E-state index < -0.39 is 11.7 Å². The Morgan fingerprint density at radius 1 is 1.38 bits per heavy atom. The van der Waals surface area contributed by atoms with E-state index in [9.17, 15) is 4.79 Å². The summed E-state index contributed by atoms with van der Waals surface area (Å²) in [5, 5.41) is 6.39. The maximum Gasteiger partial charge on any atom is 0.412 e. The number of nitrogens with zero attached hydrogens (tertiary/aromatic N) is 5. The van der Waals surface area contributed by atoms with Crippen molar-refractivity contribution in [3.63, 3.8) is 0 Å². The van der Waals surface area contributed by atoms with Gasteiger partial charge in [-0.25, -0.2) is 4.79 Å². The fraction of sp³-hybridized carbons (Fsp3) is 0.450. The average Bonchev–Trinajstić information content (AvgIpc) is 3.50. The molecule has 3 rings (SSSR count). The molecule has 1 N–H and O–H groups in total. The topological polar surface area (TPSA) is 122 Å². The summed E-state index contributed by atoms with van der Waals surface area (Å²) >= 11 is 0. The second kappa shape index (κ2) is 8.36. The Hall–Kier alpha value is -3.32. The molecule has 0 aliphatic heterocycles. The maximum atomic E-state index is 12.3. The van der Waals surface area contributed by atoms with Gasteiger partial charge < -0.3 is 9.47 Å². The summed E-state index contributed by atoms with van der Waals surface area (Å²) in [5.41, 5.74) is 11.3. The first kappa shape index (κ1) is 20.4. The molecule has 1 aliphatic carbocycles. The van der Waals surface area contributed by atoms with E-state index in [0.717, 1.165) is 18.5 Å². The third kappa shape index (κ3) is 5.14. The first-order valence-corrected chi connectivity index (χ1v) is 9.35. The Bertz CT molecular complexity index is 959. The van der Waals surface area contributed by atoms with E-state index in [1.165, 1.54) is 0 Å². The Labute approximate surface area is 169 Å². The number of carbonyl (C=O) groups excluding carboxylic acids is 1. The number of azide groups is 1. The zero-order valence-electron chi connectivity index (χ0n) is 17.0. The highest BCUT2D eigenvalue weighted by Crippen LogP contribution is 2.42. The van der Waals surface area contributed by atoms with Gasteiger partial charge in [0.15, 0.2) is 0 Å². The van der Waals surface area contributed by atoms with Crippen LogP contribution >= 0.6 is 0 Å². The lowest BCUT2D eigenvalue weighted by Crippen LogP contribution is -2.27. The normalized spacial score (nSPS) is 13.4. The van der Waals surface area contributed by atoms with Crippen LogP contribution in [-0.4, -0.2) is 28.8 Å². The monoisotopic (exact) mass is 396 g/mol. The van der Waals surface area contributed by atoms with E-state index in [1.54, 1.807) is 46.3 Å². The van der Waals surface area contributed by atoms with Crippen LogP contribution in [0.15, 0.2) is 29.6 Å². The lowest BCUT2D eigenvalue weighted by molar-refractivity contribution is 0.0636. The number of pyridine rings is 2. The molecule has 2 heterocycles. The van der Waals surface area contributed by atoms with Crippen molar-refractivity contribution in [3.8, 4) is 17.0 Å². The van der Waals surface area contributed by atoms with Gasteiger partial charge >= 0.3 is 6.09 Å². The van der Waals surface area contributed by atoms with Crippen LogP contribution in [0.5, 0.6) is 5.75 Å². The predicted molar refractivity (Wildman–Crippen MR) is 109 cm³/mol. The second-order valence-electron chi connectivity index (χ2n) is 7.79. The highest BCUT2D eigenvalue weighted by Gasteiger charge is 2.27. The molecule has 1 aliphatic rings. The summed E-state index contributed by atoms with van der Waals surface area (Å²) in [7, 11) is 1.59. The van der Waals surface area contributed by atoms with E-state index in [0.29, 0.717) is 34.2 Å². The molecule has 1 fully saturated rings. The van der Waals surface area contributed by atoms with E-state index in [-0.39, 0.29) is 6.54 Å². The summed E-state index contributed by atoms with van der Waals surface area (Å²) in [6.07, 6.45) is 4.93. The number of amides is 1. The van der Waals surface area contributed by atoms with Crippen molar-refractivity contribution in [2.45, 2.75) is 51.7 Å². The molecule has 0 unspecified atom stereocenters. The number of ether oxygens (including phenoxy) is 2. The van der Waals surface area contributed by atoms with Gasteiger partial charge in [0.2, 0.25) is 0 Å². The van der Waals surface area contributed by atoms with Crippen LogP contribution in [0.3, 0.4) is 0 Å². The zero-order chi connectivity index (χ0) is 21.0. The van der Waals surface area contributed by atoms with Crippen LogP contribution < -0.4 is 10.1 Å². The van der Waals surface area contributed by atoms with Crippen LogP contribution in [0.25, 0.3) is 21.7 Å². The average molecular weight is 396 g/mol. The summed E-state index contributed by atoms with van der Waals surface area (Å²) in [6.45, 7) is 5.34. The van der Waals surface area contributed by atoms with Crippen LogP contribution in [0.2, 0.25) is 0 Å². The van der Waals surface area contributed by atoms with Crippen molar-refractivity contribution < 1.29 is 14.3 Å². The molecule has 1 saturated carbocycles. The molecular formula is C20H24N6O3. The van der Waals surface area contributed by atoms with E-state index in [4.69, 9.17) is 15.0 Å². The molecule has 9 nitrogen and oxygen atoms in total. The van der Waals surface area contributed by atoms with Gasteiger partial charge in [0.25, 0.3) is 0 Å². The Kier molecular flexibility index (Phi) is 5.89. The van der Waals surface area contributed by atoms with Gasteiger partial charge in [-0.05, 0) is 45.2 Å². The molecule has 29 heavy (non-hydrogen) atoms. The lowest BCUT2D eigenvalue weighted by atomic mass is 10.0. The largest absolute Gasteiger partial charge is 0.496 e. The number of carbonyl (C=O) groups is 1. The van der Waals surface area contributed by atoms with Crippen LogP contribution in [0.4, 0.5) is 10.5 Å². The molecular weight excluding hydrogens is 372 g/mol. The SMILES string of the molecule is COc1cc(C2CC2)ncc1-c1nccc(NC(=O)OC(C)(C)C)c1CN=[N+]=[N-]. The lowest BCUT2D eigenvalue weighted by Gasteiger charge is -2.21. The zero-order valence-corrected chi connectivity index (χ0v) is 17.0. The van der Waals surface area contributed by atoms with Crippen LogP contribution in [0.1, 0.15) is 50.8 Å². The number of methoxy groups -OCH3 is 1. The molecule has 0 radical (unpaired) electrons. The van der Waals surface area contributed by atoms with Crippen molar-refractivity contribution in [1.82, 2.24) is 9.97 Å². The van der Waals surface area contributed by atoms with Crippen LogP contribution in [-0.2, 0) is 11.3 Å². The Balaban J connectivity index is 2.02. The Morgan fingerprint density at radius 2 is 2.14 bits per heavy atom. The second-order valence-corrected chi connectivity index (χ2v) is 7.79. The molecule has 0 saturated heterocycles. The van der Waals surface area contributed by atoms with Gasteiger partial charge in [0, 0.05) is 40.5 Å². The number of rotatable bonds is 6. The Morgan fingerprint density at radius 3 is 2.76 bits per heavy atom. The quantitative estimate of drug-likeness (QED) is 0.409. The fourth-order valence-corrected chi connectivity index (χ4v) is 2.92. The first-order valence-electron chi connectivity index (χ1n) is 9.35. The third-order valence-electron chi connectivity index (χ3n) is 4.34. The van der Waals surface area contributed by atoms with Crippen molar-refractivity contribution in [2.75, 3.05) is 12.4 Å². The molecule has 0 spiro atoms. The summed E-state index contributed by atoms with van der Waals surface area (Å²) in [5.74, 6) is 1.11. The summed E-state index contributed by atoms with van der Waals surface area (Å²) < 4.78 is 10.9. The molecule has 2 aromatic heterocycles. The van der Waals surface area contributed by atoms with Crippen molar-refractivity contribution in [1.29, 1.82) is 0 Å². The minimum Gasteiger partial charge on any atom is -0.496 e. The highest BCUT2D eigenvalue weighted by molar-refractivity contribution is 5.88. The van der Waals surface area contributed by atoms with Gasteiger partial charge in [0.05, 0.1) is 30.6 Å². The molecule has 0 bridgehead atoms. The number of aromatic nitrogens is 2. The van der Waals surface area contributed by atoms with Gasteiger partial charge in [-0.2, -0.15) is 0 Å². The van der Waals surface area contributed by atoms with Gasteiger partial charge in [-0.1, -0.05) is 5.11 Å². The predicted octanol–water partition coefficient (Wildman–Crippen LogP) is 5.19. The third-order valence-corrected chi connectivity index (χ3v) is 4.34. The van der Waals surface area contributed by atoms with E-state index in [1.807, 2.05) is 6.07 Å². The van der Waals surface area contributed by atoms with Gasteiger partial charge in [-0.15, -0.1) is 0 Å². The minimum absolute atomic E-state index is 0.00165. The van der Waals surface area contributed by atoms with Crippen molar-refractivity contribution >= 4 is 11.8 Å². The number of hydrogen-bond donors (Lipinski definition) is 1. The van der Waals surface area contributed by atoms with Gasteiger partial charge in [-0.3, -0.25) is 15.3 Å². The molecule has 9 heteroatoms. The van der Waals surface area contributed by atoms with Crippen molar-refractivity contribution in [3.05, 3.63) is 46.2 Å². The molecule has 152 valence electrons. The number of anilines is 1. The van der Waals surface area contributed by atoms with E-state index >= 15 is 0 Å². The standard InChI is InChI=1S/C20H24N6O3/c1-20(2,3)29-19(27)25-15-7-8-22-18(13(15)11-24-26-21)14-10-23-16(12-5-6-12)9-17(14)28-4/h7-10,12H,5-6,11H2,1-4H3,(H,22,25,27). The summed E-state index contributed by atoms with van der Waals surface area (Å²) in [4.78, 5) is 24.1. The highest BCUT2D eigenvalue weighted by atomic mass is 16.6. The fourth-order valence-electron chi connectivity index (χ4n) is 2.92. The molecule has 2 aromatic rings. The maximum absolute atomic E-state index is 12.3. The number of hydrogen-bond acceptors (Lipinski definition) is 6. The molecule has 1 amide bonds. The van der Waals surface area contributed by atoms with E-state index in [2.05, 4.69) is 25.3 Å². The van der Waals surface area contributed by atoms with Crippen molar-refractivity contribution in [2.24, 2.45) is 5.11 Å². The molecule has 0 aromatic carbocycles. The first-order chi connectivity index (χ1) is 13.8. The number of nitrogens with one attached hydrogen (secondary N) is 1.